The van der Waals surface area contributed by atoms with Crippen LogP contribution in [0.1, 0.15) is 32.1 Å². The molecule has 0 fully saturated rings. The Kier molecular flexibility index (Phi) is 7.84. The van der Waals surface area contributed by atoms with Crippen LogP contribution in [-0.2, 0) is 6.54 Å². The second kappa shape index (κ2) is 11.2. The molecule has 4 rings (SSSR count). The molecule has 0 aliphatic heterocycles. The van der Waals surface area contributed by atoms with Crippen molar-refractivity contribution < 1.29 is 14.3 Å². The van der Waals surface area contributed by atoms with Crippen LogP contribution in [-0.4, -0.2) is 39.3 Å². The number of nitrogens with one attached hydrogen (secondary N) is 1. The third-order valence-electron chi connectivity index (χ3n) is 5.37. The molecular formula is C26H23ClN4O3S. The number of halogens is 1. The smallest absolute Gasteiger partial charge is 0.251 e. The molecule has 4 aromatic rings. The zero-order valence-corrected chi connectivity index (χ0v) is 20.8. The minimum Gasteiger partial charge on any atom is -0.497 e. The van der Waals surface area contributed by atoms with Gasteiger partial charge in [0.1, 0.15) is 5.75 Å². The van der Waals surface area contributed by atoms with Gasteiger partial charge in [0.05, 0.1) is 25.1 Å². The van der Waals surface area contributed by atoms with Crippen molar-refractivity contribution in [2.24, 2.45) is 0 Å². The van der Waals surface area contributed by atoms with E-state index in [4.69, 9.17) is 16.3 Å². The van der Waals surface area contributed by atoms with Gasteiger partial charge >= 0.3 is 0 Å². The van der Waals surface area contributed by atoms with E-state index in [2.05, 4.69) is 15.5 Å². The number of ketones is 1. The average molecular weight is 507 g/mol. The lowest BCUT2D eigenvalue weighted by atomic mass is 10.2. The molecule has 9 heteroatoms. The average Bonchev–Trinajstić information content (AvgIpc) is 3.30. The molecule has 178 valence electrons. The van der Waals surface area contributed by atoms with Crippen molar-refractivity contribution in [3.05, 3.63) is 100 Å². The summed E-state index contributed by atoms with van der Waals surface area (Å²) in [5.74, 6) is 1.12. The molecule has 0 saturated heterocycles. The minimum atomic E-state index is -0.251. The van der Waals surface area contributed by atoms with Crippen LogP contribution in [0.5, 0.6) is 5.75 Å². The van der Waals surface area contributed by atoms with Gasteiger partial charge in [0.2, 0.25) is 0 Å². The number of hydrogen-bond donors (Lipinski definition) is 1. The molecule has 1 aromatic heterocycles. The summed E-state index contributed by atoms with van der Waals surface area (Å²) < 4.78 is 6.98. The molecule has 3 aromatic carbocycles. The summed E-state index contributed by atoms with van der Waals surface area (Å²) in [5.41, 5.74) is 2.76. The fraction of sp³-hybridized carbons (Fsp3) is 0.154. The minimum absolute atomic E-state index is 0.0117. The van der Waals surface area contributed by atoms with E-state index >= 15 is 0 Å². The predicted octanol–water partition coefficient (Wildman–Crippen LogP) is 5.14. The molecular weight excluding hydrogens is 484 g/mol. The monoisotopic (exact) mass is 506 g/mol. The zero-order chi connectivity index (χ0) is 24.8. The van der Waals surface area contributed by atoms with E-state index in [-0.39, 0.29) is 24.0 Å². The Balaban J connectivity index is 1.58. The van der Waals surface area contributed by atoms with Crippen LogP contribution in [0.15, 0.2) is 78.0 Å². The van der Waals surface area contributed by atoms with Gasteiger partial charge in [0.25, 0.3) is 5.91 Å². The first-order valence-corrected chi connectivity index (χ1v) is 12.2. The number of nitrogens with zero attached hydrogens (tertiary/aromatic N) is 3. The number of methoxy groups -OCH3 is 1. The van der Waals surface area contributed by atoms with Crippen LogP contribution in [0.4, 0.5) is 0 Å². The summed E-state index contributed by atoms with van der Waals surface area (Å²) in [7, 11) is 1.57. The van der Waals surface area contributed by atoms with Crippen LogP contribution in [0.3, 0.4) is 0 Å². The summed E-state index contributed by atoms with van der Waals surface area (Å²) in [6, 6.07) is 21.5. The predicted molar refractivity (Wildman–Crippen MR) is 137 cm³/mol. The number of carbonyl (C=O) groups excluding carboxylic acids is 2. The Morgan fingerprint density at radius 2 is 1.71 bits per heavy atom. The quantitative estimate of drug-likeness (QED) is 0.250. The molecule has 0 saturated carbocycles. The Bertz CT molecular complexity index is 1340. The topological polar surface area (TPSA) is 86.1 Å². The number of ether oxygens (including phenoxy) is 1. The van der Waals surface area contributed by atoms with Crippen LogP contribution in [0.2, 0.25) is 5.02 Å². The van der Waals surface area contributed by atoms with E-state index < -0.39 is 0 Å². The van der Waals surface area contributed by atoms with Crippen molar-refractivity contribution >= 4 is 35.1 Å². The molecule has 7 nitrogen and oxygen atoms in total. The van der Waals surface area contributed by atoms with Gasteiger partial charge in [-0.3, -0.25) is 14.2 Å². The fourth-order valence-electron chi connectivity index (χ4n) is 3.43. The number of carbonyl (C=O) groups is 2. The SMILES string of the molecule is COc1ccc(C(=O)NCc2nnc(SCC(=O)c3ccccc3)n2-c2cccc(Cl)c2C)cc1. The van der Waals surface area contributed by atoms with E-state index in [1.807, 2.05) is 47.9 Å². The summed E-state index contributed by atoms with van der Waals surface area (Å²) >= 11 is 7.67. The third-order valence-corrected chi connectivity index (χ3v) is 6.71. The zero-order valence-electron chi connectivity index (χ0n) is 19.2. The lowest BCUT2D eigenvalue weighted by Gasteiger charge is -2.14. The molecule has 35 heavy (non-hydrogen) atoms. The van der Waals surface area contributed by atoms with Crippen molar-refractivity contribution in [2.75, 3.05) is 12.9 Å². The largest absolute Gasteiger partial charge is 0.497 e. The van der Waals surface area contributed by atoms with Crippen LogP contribution in [0.25, 0.3) is 5.69 Å². The van der Waals surface area contributed by atoms with Gasteiger partial charge in [-0.05, 0) is 48.9 Å². The van der Waals surface area contributed by atoms with Gasteiger partial charge in [0, 0.05) is 16.1 Å². The van der Waals surface area contributed by atoms with Crippen LogP contribution in [0, 0.1) is 6.92 Å². The van der Waals surface area contributed by atoms with E-state index in [1.165, 1.54) is 11.8 Å². The van der Waals surface area contributed by atoms with E-state index in [1.54, 1.807) is 43.5 Å². The number of aromatic nitrogens is 3. The summed E-state index contributed by atoms with van der Waals surface area (Å²) in [5, 5.41) is 12.6. The van der Waals surface area contributed by atoms with E-state index in [0.717, 1.165) is 11.3 Å². The molecule has 0 aliphatic rings. The second-order valence-electron chi connectivity index (χ2n) is 7.61. The molecule has 1 N–H and O–H groups in total. The second-order valence-corrected chi connectivity index (χ2v) is 8.96. The van der Waals surface area contributed by atoms with Gasteiger partial charge in [-0.1, -0.05) is 59.8 Å². The highest BCUT2D eigenvalue weighted by Gasteiger charge is 2.19. The highest BCUT2D eigenvalue weighted by atomic mass is 35.5. The van der Waals surface area contributed by atoms with Crippen molar-refractivity contribution in [3.8, 4) is 11.4 Å². The highest BCUT2D eigenvalue weighted by molar-refractivity contribution is 7.99. The van der Waals surface area contributed by atoms with Gasteiger partial charge in [-0.25, -0.2) is 0 Å². The van der Waals surface area contributed by atoms with Crippen molar-refractivity contribution in [3.63, 3.8) is 0 Å². The van der Waals surface area contributed by atoms with E-state index in [9.17, 15) is 9.59 Å². The normalized spacial score (nSPS) is 10.7. The standard InChI is InChI=1S/C26H23ClN4O3S/c1-17-21(27)9-6-10-22(17)31-24(15-28-25(33)19-11-13-20(34-2)14-12-19)29-30-26(31)35-16-23(32)18-7-4-3-5-8-18/h3-14H,15-16H2,1-2H3,(H,28,33). The maximum absolute atomic E-state index is 12.7. The third kappa shape index (κ3) is 5.72. The van der Waals surface area contributed by atoms with Gasteiger partial charge in [-0.15, -0.1) is 10.2 Å². The molecule has 1 amide bonds. The Labute approximate surface area is 212 Å². The molecule has 0 aliphatic carbocycles. The summed E-state index contributed by atoms with van der Waals surface area (Å²) in [4.78, 5) is 25.3. The fourth-order valence-corrected chi connectivity index (χ4v) is 4.46. The number of rotatable bonds is 9. The number of benzene rings is 3. The van der Waals surface area contributed by atoms with Gasteiger partial charge in [0.15, 0.2) is 16.8 Å². The number of Topliss-reactive ketones (excluding diaryl/α,β-unsaturated/α-hetero) is 1. The Morgan fingerprint density at radius 1 is 0.971 bits per heavy atom. The maximum atomic E-state index is 12.7. The Hall–Kier alpha value is -3.62. The first-order valence-electron chi connectivity index (χ1n) is 10.8. The molecule has 0 radical (unpaired) electrons. The van der Waals surface area contributed by atoms with Gasteiger partial charge in [-0.2, -0.15) is 0 Å². The van der Waals surface area contributed by atoms with E-state index in [0.29, 0.717) is 32.9 Å². The lowest BCUT2D eigenvalue weighted by Crippen LogP contribution is -2.24. The number of hydrogen-bond acceptors (Lipinski definition) is 6. The lowest BCUT2D eigenvalue weighted by molar-refractivity contribution is 0.0948. The van der Waals surface area contributed by atoms with Crippen LogP contribution < -0.4 is 10.1 Å². The Morgan fingerprint density at radius 3 is 2.43 bits per heavy atom. The first-order chi connectivity index (χ1) is 17.0. The van der Waals surface area contributed by atoms with Crippen molar-refractivity contribution in [2.45, 2.75) is 18.6 Å². The molecule has 0 unspecified atom stereocenters. The molecule has 0 bridgehead atoms. The number of thioether (sulfide) groups is 1. The van der Waals surface area contributed by atoms with Gasteiger partial charge < -0.3 is 10.1 Å². The van der Waals surface area contributed by atoms with Crippen molar-refractivity contribution in [1.29, 1.82) is 0 Å². The molecule has 1 heterocycles. The first kappa shape index (κ1) is 24.5. The molecule has 0 spiro atoms. The highest BCUT2D eigenvalue weighted by Crippen LogP contribution is 2.28. The number of amides is 1. The van der Waals surface area contributed by atoms with Crippen molar-refractivity contribution in [1.82, 2.24) is 20.1 Å². The molecule has 0 atom stereocenters. The summed E-state index contributed by atoms with van der Waals surface area (Å²) in [6.07, 6.45) is 0. The van der Waals surface area contributed by atoms with Crippen LogP contribution >= 0.6 is 23.4 Å². The maximum Gasteiger partial charge on any atom is 0.251 e. The summed E-state index contributed by atoms with van der Waals surface area (Å²) in [6.45, 7) is 2.04.